The zero-order chi connectivity index (χ0) is 17.3. The molecule has 0 saturated heterocycles. The fraction of sp³-hybridized carbons (Fsp3) is 0.263. The topological polar surface area (TPSA) is 3.24 Å². The van der Waals surface area contributed by atoms with Crippen LogP contribution in [0.3, 0.4) is 0 Å². The number of nitrogens with zero attached hydrogens (tertiary/aromatic N) is 1. The highest BCUT2D eigenvalue weighted by Crippen LogP contribution is 2.49. The van der Waals surface area contributed by atoms with Gasteiger partial charge in [0.2, 0.25) is 0 Å². The van der Waals surface area contributed by atoms with Crippen LogP contribution in [-0.2, 0) is 6.18 Å². The van der Waals surface area contributed by atoms with Crippen LogP contribution in [0.5, 0.6) is 0 Å². The molecule has 0 aromatic heterocycles. The van der Waals surface area contributed by atoms with Crippen molar-refractivity contribution < 1.29 is 13.2 Å². The lowest BCUT2D eigenvalue weighted by Crippen LogP contribution is -2.14. The predicted octanol–water partition coefficient (Wildman–Crippen LogP) is 5.98. The molecule has 0 saturated carbocycles. The van der Waals surface area contributed by atoms with E-state index in [-0.39, 0.29) is 12.4 Å². The van der Waals surface area contributed by atoms with Crippen LogP contribution in [-0.4, -0.2) is 25.5 Å². The minimum atomic E-state index is -4.36. The molecule has 134 valence electrons. The van der Waals surface area contributed by atoms with Gasteiger partial charge in [-0.15, -0.1) is 12.4 Å². The Morgan fingerprint density at radius 2 is 1.68 bits per heavy atom. The van der Waals surface area contributed by atoms with Gasteiger partial charge in [-0.2, -0.15) is 13.2 Å². The molecule has 0 N–H and O–H groups in total. The maximum Gasteiger partial charge on any atom is 0.417 e. The molecular weight excluding hydrogens is 367 g/mol. The Morgan fingerprint density at radius 3 is 2.36 bits per heavy atom. The van der Waals surface area contributed by atoms with Gasteiger partial charge in [-0.25, -0.2) is 0 Å². The summed E-state index contributed by atoms with van der Waals surface area (Å²) >= 11 is 1.41. The SMILES string of the molecule is CN(C)CC/C=C1\c2ccccc2Sc2cccc(C(F)(F)F)c21.Cl. The molecule has 0 bridgehead atoms. The summed E-state index contributed by atoms with van der Waals surface area (Å²) in [7, 11) is 3.91. The average molecular weight is 386 g/mol. The molecule has 1 aliphatic heterocycles. The predicted molar refractivity (Wildman–Crippen MR) is 99.5 cm³/mol. The molecule has 0 atom stereocenters. The molecule has 25 heavy (non-hydrogen) atoms. The summed E-state index contributed by atoms with van der Waals surface area (Å²) in [4.78, 5) is 3.69. The Kier molecular flexibility index (Phi) is 6.25. The summed E-state index contributed by atoms with van der Waals surface area (Å²) in [5.41, 5.74) is 1.32. The Morgan fingerprint density at radius 1 is 1.00 bits per heavy atom. The minimum absolute atomic E-state index is 0. The van der Waals surface area contributed by atoms with Crippen molar-refractivity contribution >= 4 is 29.7 Å². The van der Waals surface area contributed by atoms with Gasteiger partial charge in [0, 0.05) is 21.9 Å². The molecule has 2 aromatic rings. The van der Waals surface area contributed by atoms with E-state index < -0.39 is 11.7 Å². The van der Waals surface area contributed by atoms with Crippen molar-refractivity contribution in [3.63, 3.8) is 0 Å². The van der Waals surface area contributed by atoms with Crippen LogP contribution in [0.25, 0.3) is 5.57 Å². The van der Waals surface area contributed by atoms with Gasteiger partial charge >= 0.3 is 6.18 Å². The number of fused-ring (bicyclic) bond motifs is 2. The summed E-state index contributed by atoms with van der Waals surface area (Å²) in [5.74, 6) is 0. The summed E-state index contributed by atoms with van der Waals surface area (Å²) in [6.45, 7) is 0.794. The van der Waals surface area contributed by atoms with Crippen LogP contribution in [0, 0.1) is 0 Å². The largest absolute Gasteiger partial charge is 0.417 e. The fourth-order valence-corrected chi connectivity index (χ4v) is 3.98. The lowest BCUT2D eigenvalue weighted by atomic mass is 9.92. The van der Waals surface area contributed by atoms with E-state index in [0.29, 0.717) is 22.5 Å². The van der Waals surface area contributed by atoms with Crippen molar-refractivity contribution in [2.75, 3.05) is 20.6 Å². The molecule has 1 aliphatic rings. The molecule has 6 heteroatoms. The average Bonchev–Trinajstić information content (AvgIpc) is 2.52. The van der Waals surface area contributed by atoms with Crippen molar-refractivity contribution in [1.82, 2.24) is 4.90 Å². The second kappa shape index (κ2) is 7.85. The molecule has 3 rings (SSSR count). The first-order valence-electron chi connectivity index (χ1n) is 7.70. The first-order chi connectivity index (χ1) is 11.4. The zero-order valence-electron chi connectivity index (χ0n) is 13.9. The highest BCUT2D eigenvalue weighted by molar-refractivity contribution is 7.99. The van der Waals surface area contributed by atoms with E-state index >= 15 is 0 Å². The first-order valence-corrected chi connectivity index (χ1v) is 8.52. The molecule has 1 nitrogen and oxygen atoms in total. The number of rotatable bonds is 3. The highest BCUT2D eigenvalue weighted by Gasteiger charge is 2.37. The summed E-state index contributed by atoms with van der Waals surface area (Å²) in [5, 5.41) is 0. The van der Waals surface area contributed by atoms with E-state index in [1.165, 1.54) is 23.9 Å². The van der Waals surface area contributed by atoms with Gasteiger partial charge in [-0.05, 0) is 49.9 Å². The maximum absolute atomic E-state index is 13.5. The standard InChI is InChI=1S/C19H18F3NS.ClH/c1-23(2)12-6-8-14-13-7-3-4-10-16(13)24-17-11-5-9-15(18(14)17)19(20,21)22;/h3-5,7-11H,6,12H2,1-2H3;1H/b14-8+;. The van der Waals surface area contributed by atoms with E-state index in [9.17, 15) is 13.2 Å². The van der Waals surface area contributed by atoms with Crippen LogP contribution in [0.2, 0.25) is 0 Å². The number of hydrogen-bond acceptors (Lipinski definition) is 2. The van der Waals surface area contributed by atoms with E-state index in [1.54, 1.807) is 6.07 Å². The zero-order valence-corrected chi connectivity index (χ0v) is 15.6. The van der Waals surface area contributed by atoms with Gasteiger partial charge < -0.3 is 4.90 Å². The number of hydrogen-bond donors (Lipinski definition) is 0. The Hall–Kier alpha value is -1.43. The van der Waals surface area contributed by atoms with Gasteiger partial charge in [0.1, 0.15) is 0 Å². The van der Waals surface area contributed by atoms with Crippen LogP contribution in [0.1, 0.15) is 23.1 Å². The van der Waals surface area contributed by atoms with Gasteiger partial charge in [0.05, 0.1) is 5.56 Å². The van der Waals surface area contributed by atoms with Crippen molar-refractivity contribution in [1.29, 1.82) is 0 Å². The van der Waals surface area contributed by atoms with E-state index in [4.69, 9.17) is 0 Å². The Bertz CT molecular complexity index is 784. The van der Waals surface area contributed by atoms with Gasteiger partial charge in [-0.1, -0.05) is 42.1 Å². The third kappa shape index (κ3) is 4.22. The van der Waals surface area contributed by atoms with E-state index in [2.05, 4.69) is 0 Å². The maximum atomic E-state index is 13.5. The summed E-state index contributed by atoms with van der Waals surface area (Å²) in [6, 6.07) is 12.1. The fourth-order valence-electron chi connectivity index (χ4n) is 2.84. The number of halogens is 4. The van der Waals surface area contributed by atoms with Crippen LogP contribution < -0.4 is 0 Å². The van der Waals surface area contributed by atoms with Gasteiger partial charge in [-0.3, -0.25) is 0 Å². The monoisotopic (exact) mass is 385 g/mol. The molecular formula is C19H19ClF3NS. The van der Waals surface area contributed by atoms with E-state index in [0.717, 1.165) is 17.0 Å². The second-order valence-electron chi connectivity index (χ2n) is 5.98. The van der Waals surface area contributed by atoms with Crippen LogP contribution >= 0.6 is 24.2 Å². The normalized spacial score (nSPS) is 14.9. The van der Waals surface area contributed by atoms with Gasteiger partial charge in [0.15, 0.2) is 0 Å². The van der Waals surface area contributed by atoms with E-state index in [1.807, 2.05) is 49.3 Å². The van der Waals surface area contributed by atoms with Crippen molar-refractivity contribution in [2.24, 2.45) is 0 Å². The lowest BCUT2D eigenvalue weighted by Gasteiger charge is -2.25. The molecule has 0 radical (unpaired) electrons. The molecule has 0 spiro atoms. The number of benzene rings is 2. The molecule has 0 amide bonds. The second-order valence-corrected chi connectivity index (χ2v) is 7.07. The van der Waals surface area contributed by atoms with Crippen LogP contribution in [0.4, 0.5) is 13.2 Å². The number of alkyl halides is 3. The Balaban J connectivity index is 0.00000225. The third-order valence-corrected chi connectivity index (χ3v) is 5.06. The molecule has 0 aliphatic carbocycles. The third-order valence-electron chi connectivity index (χ3n) is 3.92. The molecule has 0 unspecified atom stereocenters. The smallest absolute Gasteiger partial charge is 0.309 e. The highest BCUT2D eigenvalue weighted by atomic mass is 35.5. The minimum Gasteiger partial charge on any atom is -0.309 e. The molecule has 1 heterocycles. The van der Waals surface area contributed by atoms with Crippen molar-refractivity contribution in [2.45, 2.75) is 22.4 Å². The Labute approximate surface area is 156 Å². The van der Waals surface area contributed by atoms with Crippen molar-refractivity contribution in [3.8, 4) is 0 Å². The quantitative estimate of drug-likeness (QED) is 0.546. The van der Waals surface area contributed by atoms with Crippen LogP contribution in [0.15, 0.2) is 58.3 Å². The van der Waals surface area contributed by atoms with Crippen molar-refractivity contribution in [3.05, 3.63) is 65.2 Å². The summed E-state index contributed by atoms with van der Waals surface area (Å²) in [6.07, 6.45) is -1.72. The molecule has 0 fully saturated rings. The summed E-state index contributed by atoms with van der Waals surface area (Å²) < 4.78 is 40.6. The van der Waals surface area contributed by atoms with Gasteiger partial charge in [0.25, 0.3) is 0 Å². The molecule has 2 aromatic carbocycles. The first kappa shape index (κ1) is 19.9. The lowest BCUT2D eigenvalue weighted by molar-refractivity contribution is -0.137.